The lowest BCUT2D eigenvalue weighted by atomic mass is 10.1. The second-order valence-electron chi connectivity index (χ2n) is 6.93. The number of sulfone groups is 1. The third kappa shape index (κ3) is 4.71. The van der Waals surface area contributed by atoms with Gasteiger partial charge in [0.05, 0.1) is 4.90 Å². The van der Waals surface area contributed by atoms with Crippen molar-refractivity contribution < 1.29 is 17.6 Å². The highest BCUT2D eigenvalue weighted by Gasteiger charge is 2.29. The SMILES string of the molecule is Cc1ccc(C(=O)NCC(c2ccccc2)S(=O)(=O)c2ccc(F)cc2)c(C)c1. The monoisotopic (exact) mass is 411 g/mol. The summed E-state index contributed by atoms with van der Waals surface area (Å²) in [7, 11) is -3.85. The van der Waals surface area contributed by atoms with Crippen molar-refractivity contribution in [3.63, 3.8) is 0 Å². The molecule has 0 saturated carbocycles. The summed E-state index contributed by atoms with van der Waals surface area (Å²) in [5, 5.41) is 1.76. The number of amides is 1. The fraction of sp³-hybridized carbons (Fsp3) is 0.174. The largest absolute Gasteiger partial charge is 0.350 e. The maximum absolute atomic E-state index is 13.3. The van der Waals surface area contributed by atoms with Crippen LogP contribution in [0, 0.1) is 19.7 Å². The van der Waals surface area contributed by atoms with Crippen molar-refractivity contribution in [1.29, 1.82) is 0 Å². The highest BCUT2D eigenvalue weighted by Crippen LogP contribution is 2.28. The Hall–Kier alpha value is -2.99. The summed E-state index contributed by atoms with van der Waals surface area (Å²) in [6.07, 6.45) is 0. The van der Waals surface area contributed by atoms with Crippen molar-refractivity contribution in [2.45, 2.75) is 24.0 Å². The summed E-state index contributed by atoms with van der Waals surface area (Å²) in [4.78, 5) is 12.7. The van der Waals surface area contributed by atoms with E-state index >= 15 is 0 Å². The smallest absolute Gasteiger partial charge is 0.251 e. The molecule has 0 aliphatic heterocycles. The summed E-state index contributed by atoms with van der Waals surface area (Å²) in [5.74, 6) is -0.846. The lowest BCUT2D eigenvalue weighted by molar-refractivity contribution is 0.0953. The zero-order valence-corrected chi connectivity index (χ0v) is 17.0. The van der Waals surface area contributed by atoms with E-state index in [0.29, 0.717) is 11.1 Å². The van der Waals surface area contributed by atoms with E-state index in [4.69, 9.17) is 0 Å². The topological polar surface area (TPSA) is 63.2 Å². The number of aryl methyl sites for hydroxylation is 2. The van der Waals surface area contributed by atoms with Gasteiger partial charge in [0.25, 0.3) is 5.91 Å². The van der Waals surface area contributed by atoms with Crippen molar-refractivity contribution in [1.82, 2.24) is 5.32 Å². The third-order valence-electron chi connectivity index (χ3n) is 4.76. The molecular weight excluding hydrogens is 389 g/mol. The lowest BCUT2D eigenvalue weighted by Crippen LogP contribution is -2.32. The molecule has 3 rings (SSSR count). The average Bonchev–Trinajstić information content (AvgIpc) is 2.69. The first-order valence-electron chi connectivity index (χ1n) is 9.19. The Morgan fingerprint density at radius 1 is 0.966 bits per heavy atom. The summed E-state index contributed by atoms with van der Waals surface area (Å²) in [6.45, 7) is 3.68. The number of carbonyl (C=O) groups excluding carboxylic acids is 1. The molecule has 0 radical (unpaired) electrons. The van der Waals surface area contributed by atoms with E-state index in [0.717, 1.165) is 23.3 Å². The Morgan fingerprint density at radius 3 is 2.24 bits per heavy atom. The Balaban J connectivity index is 1.90. The van der Waals surface area contributed by atoms with Crippen LogP contribution in [0.4, 0.5) is 4.39 Å². The Labute approximate surface area is 170 Å². The zero-order chi connectivity index (χ0) is 21.0. The normalized spacial score (nSPS) is 12.4. The molecule has 0 aliphatic carbocycles. The van der Waals surface area contributed by atoms with Gasteiger partial charge < -0.3 is 5.32 Å². The molecule has 0 aliphatic rings. The number of nitrogens with one attached hydrogen (secondary N) is 1. The molecule has 1 N–H and O–H groups in total. The maximum Gasteiger partial charge on any atom is 0.251 e. The Kier molecular flexibility index (Phi) is 6.13. The van der Waals surface area contributed by atoms with Gasteiger partial charge in [0.15, 0.2) is 9.84 Å². The second-order valence-corrected chi connectivity index (χ2v) is 9.06. The molecule has 0 fully saturated rings. The minimum atomic E-state index is -3.85. The Morgan fingerprint density at radius 2 is 1.62 bits per heavy atom. The molecular formula is C23H22FNO3S. The highest BCUT2D eigenvalue weighted by molar-refractivity contribution is 7.91. The van der Waals surface area contributed by atoms with Gasteiger partial charge in [-0.3, -0.25) is 4.79 Å². The molecule has 1 atom stereocenters. The lowest BCUT2D eigenvalue weighted by Gasteiger charge is -2.19. The van der Waals surface area contributed by atoms with Gasteiger partial charge in [0.1, 0.15) is 11.1 Å². The molecule has 4 nitrogen and oxygen atoms in total. The Bertz CT molecular complexity index is 1110. The van der Waals surface area contributed by atoms with Gasteiger partial charge in [0, 0.05) is 12.1 Å². The maximum atomic E-state index is 13.3. The highest BCUT2D eigenvalue weighted by atomic mass is 32.2. The van der Waals surface area contributed by atoms with Gasteiger partial charge in [-0.05, 0) is 55.3 Å². The number of hydrogen-bond acceptors (Lipinski definition) is 3. The summed E-state index contributed by atoms with van der Waals surface area (Å²) < 4.78 is 39.7. The average molecular weight is 411 g/mol. The molecule has 0 spiro atoms. The fourth-order valence-electron chi connectivity index (χ4n) is 3.21. The van der Waals surface area contributed by atoms with Gasteiger partial charge >= 0.3 is 0 Å². The van der Waals surface area contributed by atoms with E-state index in [9.17, 15) is 17.6 Å². The molecule has 0 heterocycles. The summed E-state index contributed by atoms with van der Waals surface area (Å²) in [5.41, 5.74) is 2.92. The number of rotatable bonds is 6. The van der Waals surface area contributed by atoms with Crippen LogP contribution in [0.2, 0.25) is 0 Å². The minimum absolute atomic E-state index is 0.00789. The number of halogens is 1. The van der Waals surface area contributed by atoms with E-state index in [1.54, 1.807) is 36.4 Å². The minimum Gasteiger partial charge on any atom is -0.350 e. The standard InChI is InChI=1S/C23H22FNO3S/c1-16-8-13-21(17(2)14-16)23(26)25-15-22(18-6-4-3-5-7-18)29(27,28)20-11-9-19(24)10-12-20/h3-14,22H,15H2,1-2H3,(H,25,26). The van der Waals surface area contributed by atoms with Crippen LogP contribution in [0.15, 0.2) is 77.7 Å². The van der Waals surface area contributed by atoms with Crippen molar-refractivity contribution >= 4 is 15.7 Å². The molecule has 29 heavy (non-hydrogen) atoms. The zero-order valence-electron chi connectivity index (χ0n) is 16.2. The van der Waals surface area contributed by atoms with Crippen molar-refractivity contribution in [2.24, 2.45) is 0 Å². The van der Waals surface area contributed by atoms with Gasteiger partial charge in [-0.15, -0.1) is 0 Å². The van der Waals surface area contributed by atoms with Crippen molar-refractivity contribution in [3.8, 4) is 0 Å². The van der Waals surface area contributed by atoms with Crippen molar-refractivity contribution in [3.05, 3.63) is 101 Å². The number of benzene rings is 3. The van der Waals surface area contributed by atoms with Gasteiger partial charge in [0.2, 0.25) is 0 Å². The van der Waals surface area contributed by atoms with Crippen LogP contribution in [0.5, 0.6) is 0 Å². The molecule has 1 unspecified atom stereocenters. The van der Waals surface area contributed by atoms with E-state index in [1.165, 1.54) is 12.1 Å². The molecule has 0 saturated heterocycles. The molecule has 3 aromatic rings. The predicted molar refractivity (Wildman–Crippen MR) is 111 cm³/mol. The van der Waals surface area contributed by atoms with E-state index in [1.807, 2.05) is 26.0 Å². The first-order chi connectivity index (χ1) is 13.8. The molecule has 3 aromatic carbocycles. The molecule has 6 heteroatoms. The molecule has 1 amide bonds. The number of carbonyl (C=O) groups is 1. The van der Waals surface area contributed by atoms with Crippen LogP contribution in [0.1, 0.15) is 32.3 Å². The predicted octanol–water partition coefficient (Wildman–Crippen LogP) is 4.39. The first kappa shape index (κ1) is 20.7. The van der Waals surface area contributed by atoms with Crippen LogP contribution in [0.25, 0.3) is 0 Å². The van der Waals surface area contributed by atoms with Gasteiger partial charge in [-0.25, -0.2) is 12.8 Å². The van der Waals surface area contributed by atoms with Gasteiger partial charge in [-0.2, -0.15) is 0 Å². The molecule has 0 bridgehead atoms. The van der Waals surface area contributed by atoms with Crippen LogP contribution in [0.3, 0.4) is 0 Å². The fourth-order valence-corrected chi connectivity index (χ4v) is 4.87. The summed E-state index contributed by atoms with van der Waals surface area (Å²) >= 11 is 0. The summed E-state index contributed by atoms with van der Waals surface area (Å²) in [6, 6.07) is 18.9. The van der Waals surface area contributed by atoms with E-state index < -0.39 is 20.9 Å². The van der Waals surface area contributed by atoms with E-state index in [-0.39, 0.29) is 17.3 Å². The molecule has 0 aromatic heterocycles. The number of hydrogen-bond donors (Lipinski definition) is 1. The quantitative estimate of drug-likeness (QED) is 0.612. The molecule has 150 valence electrons. The second kappa shape index (κ2) is 8.57. The third-order valence-corrected chi connectivity index (χ3v) is 6.88. The van der Waals surface area contributed by atoms with Crippen LogP contribution < -0.4 is 5.32 Å². The first-order valence-corrected chi connectivity index (χ1v) is 10.7. The van der Waals surface area contributed by atoms with Crippen LogP contribution in [-0.4, -0.2) is 20.9 Å². The van der Waals surface area contributed by atoms with Crippen LogP contribution in [-0.2, 0) is 9.84 Å². The van der Waals surface area contributed by atoms with E-state index in [2.05, 4.69) is 5.32 Å². The van der Waals surface area contributed by atoms with Crippen LogP contribution >= 0.6 is 0 Å². The van der Waals surface area contributed by atoms with Crippen molar-refractivity contribution in [2.75, 3.05) is 6.54 Å². The van der Waals surface area contributed by atoms with Gasteiger partial charge in [-0.1, -0.05) is 48.0 Å².